The van der Waals surface area contributed by atoms with Crippen molar-refractivity contribution in [3.05, 3.63) is 93.4 Å². The lowest BCUT2D eigenvalue weighted by Crippen LogP contribution is -2.53. The van der Waals surface area contributed by atoms with Crippen LogP contribution in [0.1, 0.15) is 39.2 Å². The third-order valence-electron chi connectivity index (χ3n) is 6.47. The lowest BCUT2D eigenvalue weighted by Gasteiger charge is -2.34. The SMILES string of the molecule is CC[C@@H](C)NC(=O)[C@H](CC)N(Cc1ccc(Cl)cc1Cl)C(=O)CN(c1ccccc1)S(=O)(=O)c1ccc(Cl)cc1. The van der Waals surface area contributed by atoms with Crippen LogP contribution in [0.4, 0.5) is 5.69 Å². The molecule has 0 aliphatic rings. The molecule has 0 spiro atoms. The van der Waals surface area contributed by atoms with Crippen LogP contribution in [0, 0.1) is 0 Å². The van der Waals surface area contributed by atoms with Crippen molar-refractivity contribution in [2.75, 3.05) is 10.8 Å². The van der Waals surface area contributed by atoms with Crippen molar-refractivity contribution < 1.29 is 18.0 Å². The lowest BCUT2D eigenvalue weighted by atomic mass is 10.1. The summed E-state index contributed by atoms with van der Waals surface area (Å²) in [5.41, 5.74) is 0.869. The number of benzene rings is 3. The molecule has 3 aromatic rings. The first-order valence-corrected chi connectivity index (χ1v) is 15.4. The van der Waals surface area contributed by atoms with Gasteiger partial charge in [0.2, 0.25) is 11.8 Å². The number of amides is 2. The number of rotatable bonds is 12. The van der Waals surface area contributed by atoms with Crippen LogP contribution in [-0.4, -0.2) is 43.8 Å². The fourth-order valence-electron chi connectivity index (χ4n) is 4.05. The number of carbonyl (C=O) groups excluding carboxylic acids is 2. The van der Waals surface area contributed by atoms with Gasteiger partial charge in [0.15, 0.2) is 0 Å². The zero-order chi connectivity index (χ0) is 29.4. The maximum absolute atomic E-state index is 14.1. The molecule has 0 unspecified atom stereocenters. The quantitative estimate of drug-likeness (QED) is 0.247. The summed E-state index contributed by atoms with van der Waals surface area (Å²) in [6.45, 7) is 5.05. The summed E-state index contributed by atoms with van der Waals surface area (Å²) in [7, 11) is -4.18. The first kappa shape index (κ1) is 31.7. The van der Waals surface area contributed by atoms with Gasteiger partial charge in [0.25, 0.3) is 10.0 Å². The van der Waals surface area contributed by atoms with E-state index in [9.17, 15) is 18.0 Å². The van der Waals surface area contributed by atoms with Gasteiger partial charge in [-0.2, -0.15) is 0 Å². The van der Waals surface area contributed by atoms with Gasteiger partial charge < -0.3 is 10.2 Å². The van der Waals surface area contributed by atoms with Crippen molar-refractivity contribution in [3.8, 4) is 0 Å². The Kier molecular flexibility index (Phi) is 11.3. The van der Waals surface area contributed by atoms with Crippen LogP contribution in [0.15, 0.2) is 77.7 Å². The molecule has 0 bridgehead atoms. The Morgan fingerprint density at radius 2 is 1.50 bits per heavy atom. The Morgan fingerprint density at radius 3 is 2.08 bits per heavy atom. The molecule has 11 heteroatoms. The monoisotopic (exact) mass is 623 g/mol. The third-order valence-corrected chi connectivity index (χ3v) is 9.09. The molecule has 0 saturated carbocycles. The van der Waals surface area contributed by atoms with E-state index in [2.05, 4.69) is 5.32 Å². The van der Waals surface area contributed by atoms with Gasteiger partial charge in [0.05, 0.1) is 10.6 Å². The first-order valence-electron chi connectivity index (χ1n) is 12.8. The van der Waals surface area contributed by atoms with E-state index in [1.54, 1.807) is 55.5 Å². The van der Waals surface area contributed by atoms with Crippen molar-refractivity contribution in [3.63, 3.8) is 0 Å². The molecule has 3 rings (SSSR count). The van der Waals surface area contributed by atoms with Gasteiger partial charge in [-0.3, -0.25) is 13.9 Å². The van der Waals surface area contributed by atoms with E-state index >= 15 is 0 Å². The van der Waals surface area contributed by atoms with Crippen LogP contribution >= 0.6 is 34.8 Å². The van der Waals surface area contributed by atoms with Gasteiger partial charge in [-0.1, -0.05) is 72.9 Å². The van der Waals surface area contributed by atoms with Crippen molar-refractivity contribution >= 4 is 62.3 Å². The molecular weight excluding hydrogens is 593 g/mol. The van der Waals surface area contributed by atoms with Gasteiger partial charge >= 0.3 is 0 Å². The van der Waals surface area contributed by atoms with Crippen molar-refractivity contribution in [1.29, 1.82) is 0 Å². The summed E-state index contributed by atoms with van der Waals surface area (Å²) in [5, 5.41) is 4.08. The Bertz CT molecular complexity index is 1420. The second-order valence-corrected chi connectivity index (χ2v) is 12.4. The minimum atomic E-state index is -4.18. The molecule has 7 nitrogen and oxygen atoms in total. The molecule has 2 amide bonds. The first-order chi connectivity index (χ1) is 19.0. The highest BCUT2D eigenvalue weighted by Crippen LogP contribution is 2.27. The fraction of sp³-hybridized carbons (Fsp3) is 0.310. The molecular formula is C29H32Cl3N3O4S. The molecule has 0 fully saturated rings. The Labute approximate surface area is 251 Å². The molecule has 40 heavy (non-hydrogen) atoms. The minimum Gasteiger partial charge on any atom is -0.352 e. The number of halogens is 3. The van der Waals surface area contributed by atoms with E-state index in [1.165, 1.54) is 29.2 Å². The number of sulfonamides is 1. The largest absolute Gasteiger partial charge is 0.352 e. The van der Waals surface area contributed by atoms with Crippen molar-refractivity contribution in [2.24, 2.45) is 0 Å². The summed E-state index contributed by atoms with van der Waals surface area (Å²) in [6.07, 6.45) is 1.01. The summed E-state index contributed by atoms with van der Waals surface area (Å²) >= 11 is 18.5. The average molecular weight is 625 g/mol. The van der Waals surface area contributed by atoms with E-state index in [0.717, 1.165) is 4.31 Å². The molecule has 2 atom stereocenters. The van der Waals surface area contributed by atoms with Gasteiger partial charge in [-0.15, -0.1) is 0 Å². The molecule has 0 heterocycles. The van der Waals surface area contributed by atoms with E-state index in [0.29, 0.717) is 39.2 Å². The molecule has 1 N–H and O–H groups in total. The van der Waals surface area contributed by atoms with Crippen LogP contribution in [0.5, 0.6) is 0 Å². The Morgan fingerprint density at radius 1 is 0.875 bits per heavy atom. The predicted octanol–water partition coefficient (Wildman–Crippen LogP) is 6.56. The maximum Gasteiger partial charge on any atom is 0.264 e. The highest BCUT2D eigenvalue weighted by Gasteiger charge is 2.34. The van der Waals surface area contributed by atoms with Gasteiger partial charge in [-0.05, 0) is 73.9 Å². The van der Waals surface area contributed by atoms with E-state index in [-0.39, 0.29) is 23.4 Å². The normalized spacial score (nSPS) is 12.8. The van der Waals surface area contributed by atoms with Crippen LogP contribution in [0.25, 0.3) is 0 Å². The molecule has 0 aliphatic carbocycles. The molecule has 214 valence electrons. The van der Waals surface area contributed by atoms with E-state index < -0.39 is 28.5 Å². The van der Waals surface area contributed by atoms with Crippen molar-refractivity contribution in [2.45, 2.75) is 57.1 Å². The number of nitrogens with one attached hydrogen (secondary N) is 1. The summed E-state index contributed by atoms with van der Waals surface area (Å²) < 4.78 is 28.6. The second-order valence-electron chi connectivity index (χ2n) is 9.30. The number of hydrogen-bond acceptors (Lipinski definition) is 4. The second kappa shape index (κ2) is 14.2. The topological polar surface area (TPSA) is 86.8 Å². The molecule has 3 aromatic carbocycles. The Hall–Kier alpha value is -2.78. The highest BCUT2D eigenvalue weighted by atomic mass is 35.5. The number of nitrogens with zero attached hydrogens (tertiary/aromatic N) is 2. The molecule has 0 radical (unpaired) electrons. The zero-order valence-electron chi connectivity index (χ0n) is 22.5. The lowest BCUT2D eigenvalue weighted by molar-refractivity contribution is -0.140. The number of para-hydroxylation sites is 1. The number of hydrogen-bond donors (Lipinski definition) is 1. The molecule has 0 saturated heterocycles. The van der Waals surface area contributed by atoms with Gasteiger partial charge in [0.1, 0.15) is 12.6 Å². The highest BCUT2D eigenvalue weighted by molar-refractivity contribution is 7.92. The van der Waals surface area contributed by atoms with E-state index in [1.807, 2.05) is 13.8 Å². The number of carbonyl (C=O) groups is 2. The zero-order valence-corrected chi connectivity index (χ0v) is 25.6. The van der Waals surface area contributed by atoms with Crippen LogP contribution in [-0.2, 0) is 26.2 Å². The standard InChI is InChI=1S/C29H32Cl3N3O4S/c1-4-20(3)33-29(37)27(5-2)34(18-21-11-12-23(31)17-26(21)32)28(36)19-35(24-9-7-6-8-10-24)40(38,39)25-15-13-22(30)14-16-25/h6-17,20,27H,4-5,18-19H2,1-3H3,(H,33,37)/t20-,27+/m1/s1. The smallest absolute Gasteiger partial charge is 0.264 e. The van der Waals surface area contributed by atoms with E-state index in [4.69, 9.17) is 34.8 Å². The van der Waals surface area contributed by atoms with Gasteiger partial charge in [0, 0.05) is 27.7 Å². The average Bonchev–Trinajstić information content (AvgIpc) is 2.93. The maximum atomic E-state index is 14.1. The summed E-state index contributed by atoms with van der Waals surface area (Å²) in [5.74, 6) is -0.902. The van der Waals surface area contributed by atoms with Crippen molar-refractivity contribution in [1.82, 2.24) is 10.2 Å². The van der Waals surface area contributed by atoms with Gasteiger partial charge in [-0.25, -0.2) is 8.42 Å². The van der Waals surface area contributed by atoms with Crippen LogP contribution < -0.4 is 9.62 Å². The minimum absolute atomic E-state index is 0.0229. The van der Waals surface area contributed by atoms with Crippen LogP contribution in [0.3, 0.4) is 0 Å². The summed E-state index contributed by atoms with van der Waals surface area (Å²) in [6, 6.07) is 18.0. The van der Waals surface area contributed by atoms with Crippen LogP contribution in [0.2, 0.25) is 15.1 Å². The third kappa shape index (κ3) is 7.91. The summed E-state index contributed by atoms with van der Waals surface area (Å²) in [4.78, 5) is 28.7. The fourth-order valence-corrected chi connectivity index (χ4v) is 6.06. The molecule has 0 aliphatic heterocycles. The molecule has 0 aromatic heterocycles. The number of anilines is 1. The Balaban J connectivity index is 2.06. The predicted molar refractivity (Wildman–Crippen MR) is 161 cm³/mol.